The van der Waals surface area contributed by atoms with E-state index in [1.165, 1.54) is 10.9 Å². The molecule has 37 heavy (non-hydrogen) atoms. The number of rotatable bonds is 7. The Morgan fingerprint density at radius 3 is 2.65 bits per heavy atom. The van der Waals surface area contributed by atoms with E-state index in [-0.39, 0.29) is 12.3 Å². The lowest BCUT2D eigenvalue weighted by Crippen LogP contribution is -2.41. The molecule has 10 nitrogen and oxygen atoms in total. The summed E-state index contributed by atoms with van der Waals surface area (Å²) in [5.41, 5.74) is 6.72. The van der Waals surface area contributed by atoms with E-state index < -0.39 is 22.7 Å². The van der Waals surface area contributed by atoms with Crippen molar-refractivity contribution in [1.82, 2.24) is 29.9 Å². The van der Waals surface area contributed by atoms with E-state index >= 15 is 0 Å². The second-order valence-corrected chi connectivity index (χ2v) is 9.98. The SMILES string of the molecule is Cc1cc(Nc2cc(C)[nH]n2)nc(C2(O)CCC(C(N)=O)([C@@H](C)c3ccc(-n4cc(F)cn4)nc3)C2)c1. The molecule has 0 spiro atoms. The molecule has 1 fully saturated rings. The Morgan fingerprint density at radius 2 is 2.03 bits per heavy atom. The van der Waals surface area contributed by atoms with Crippen molar-refractivity contribution in [2.24, 2.45) is 11.1 Å². The summed E-state index contributed by atoms with van der Waals surface area (Å²) in [6.45, 7) is 5.74. The predicted octanol–water partition coefficient (Wildman–Crippen LogP) is 3.53. The molecule has 192 valence electrons. The van der Waals surface area contributed by atoms with Crippen LogP contribution in [0.2, 0.25) is 0 Å². The van der Waals surface area contributed by atoms with Crippen LogP contribution in [-0.2, 0) is 10.4 Å². The van der Waals surface area contributed by atoms with Gasteiger partial charge in [-0.1, -0.05) is 13.0 Å². The maximum absolute atomic E-state index is 13.3. The molecule has 1 aliphatic rings. The van der Waals surface area contributed by atoms with Crippen molar-refractivity contribution in [2.45, 2.75) is 51.6 Å². The van der Waals surface area contributed by atoms with Crippen LogP contribution >= 0.6 is 0 Å². The summed E-state index contributed by atoms with van der Waals surface area (Å²) in [6, 6.07) is 9.10. The molecule has 11 heteroatoms. The van der Waals surface area contributed by atoms with Crippen molar-refractivity contribution in [1.29, 1.82) is 0 Å². The van der Waals surface area contributed by atoms with Gasteiger partial charge < -0.3 is 16.2 Å². The number of amides is 1. The average molecular weight is 505 g/mol. The van der Waals surface area contributed by atoms with E-state index in [1.807, 2.05) is 45.0 Å². The van der Waals surface area contributed by atoms with Crippen molar-refractivity contribution in [3.63, 3.8) is 0 Å². The number of H-pyrrole nitrogens is 1. The lowest BCUT2D eigenvalue weighted by molar-refractivity contribution is -0.130. The fraction of sp³-hybridized carbons (Fsp3) is 0.346. The van der Waals surface area contributed by atoms with Gasteiger partial charge in [0.05, 0.1) is 23.5 Å². The minimum atomic E-state index is -1.34. The Kier molecular flexibility index (Phi) is 6.03. The number of carbonyl (C=O) groups excluding carboxylic acids is 1. The number of nitrogens with one attached hydrogen (secondary N) is 2. The lowest BCUT2D eigenvalue weighted by atomic mass is 9.70. The molecule has 3 atom stereocenters. The van der Waals surface area contributed by atoms with Crippen LogP contribution in [0, 0.1) is 25.1 Å². The van der Waals surface area contributed by atoms with Gasteiger partial charge in [0.1, 0.15) is 11.4 Å². The van der Waals surface area contributed by atoms with Crippen LogP contribution in [0.1, 0.15) is 54.6 Å². The number of aryl methyl sites for hydroxylation is 2. The lowest BCUT2D eigenvalue weighted by Gasteiger charge is -2.34. The van der Waals surface area contributed by atoms with Crippen LogP contribution in [0.5, 0.6) is 0 Å². The number of hydrogen-bond acceptors (Lipinski definition) is 7. The molecule has 0 aliphatic heterocycles. The standard InChI is InChI=1S/C26H29FN8O2/c1-15-8-20(31-21(9-15)32-22-10-16(2)33-34-22)26(37)7-6-25(14-26,24(28)36)17(3)18-4-5-23(29-11-18)35-13-19(27)12-30-35/h4-5,8-13,17,37H,6-7,14H2,1-3H3,(H2,28,36)(H2,31,32,33,34)/t17-,25?,26?/m0/s1. The quantitative estimate of drug-likeness (QED) is 0.301. The molecule has 0 saturated heterocycles. The molecule has 0 radical (unpaired) electrons. The molecule has 4 aromatic rings. The Labute approximate surface area is 213 Å². The van der Waals surface area contributed by atoms with Crippen molar-refractivity contribution >= 4 is 17.5 Å². The van der Waals surface area contributed by atoms with E-state index in [2.05, 4.69) is 30.6 Å². The Morgan fingerprint density at radius 1 is 1.22 bits per heavy atom. The van der Waals surface area contributed by atoms with Gasteiger partial charge in [-0.15, -0.1) is 0 Å². The first-order valence-electron chi connectivity index (χ1n) is 12.0. The van der Waals surface area contributed by atoms with Gasteiger partial charge in [-0.3, -0.25) is 9.89 Å². The Bertz CT molecular complexity index is 1450. The summed E-state index contributed by atoms with van der Waals surface area (Å²) in [5.74, 6) is 0.353. The molecule has 0 aromatic carbocycles. The van der Waals surface area contributed by atoms with E-state index in [9.17, 15) is 14.3 Å². The van der Waals surface area contributed by atoms with Gasteiger partial charge in [0.15, 0.2) is 17.5 Å². The average Bonchev–Trinajstić information content (AvgIpc) is 3.58. The fourth-order valence-electron chi connectivity index (χ4n) is 5.26. The van der Waals surface area contributed by atoms with Gasteiger partial charge in [-0.2, -0.15) is 10.2 Å². The molecule has 1 amide bonds. The predicted molar refractivity (Wildman–Crippen MR) is 135 cm³/mol. The van der Waals surface area contributed by atoms with Gasteiger partial charge in [0, 0.05) is 18.0 Å². The van der Waals surface area contributed by atoms with E-state index in [0.717, 1.165) is 23.0 Å². The zero-order valence-electron chi connectivity index (χ0n) is 20.9. The summed E-state index contributed by atoms with van der Waals surface area (Å²) < 4.78 is 14.7. The third-order valence-corrected chi connectivity index (χ3v) is 7.38. The minimum absolute atomic E-state index is 0.125. The highest BCUT2D eigenvalue weighted by atomic mass is 19.1. The van der Waals surface area contributed by atoms with Gasteiger partial charge >= 0.3 is 0 Å². The van der Waals surface area contributed by atoms with Crippen LogP contribution in [0.3, 0.4) is 0 Å². The number of nitrogens with zero attached hydrogens (tertiary/aromatic N) is 5. The number of carbonyl (C=O) groups is 1. The highest BCUT2D eigenvalue weighted by molar-refractivity contribution is 5.82. The number of aromatic nitrogens is 6. The summed E-state index contributed by atoms with van der Waals surface area (Å²) >= 11 is 0. The zero-order valence-corrected chi connectivity index (χ0v) is 20.9. The molecule has 0 bridgehead atoms. The van der Waals surface area contributed by atoms with Gasteiger partial charge in [0.2, 0.25) is 5.91 Å². The third-order valence-electron chi connectivity index (χ3n) is 7.38. The number of halogens is 1. The van der Waals surface area contributed by atoms with Crippen molar-refractivity contribution in [2.75, 3.05) is 5.32 Å². The number of pyridine rings is 2. The van der Waals surface area contributed by atoms with Crippen molar-refractivity contribution in [3.05, 3.63) is 77.3 Å². The maximum Gasteiger partial charge on any atom is 0.224 e. The maximum atomic E-state index is 13.3. The Hall–Kier alpha value is -4.12. The molecule has 5 rings (SSSR count). The molecule has 5 N–H and O–H groups in total. The summed E-state index contributed by atoms with van der Waals surface area (Å²) in [6.07, 6.45) is 4.83. The molecule has 1 aliphatic carbocycles. The molecular formula is C26H29FN8O2. The normalized spacial score (nSPS) is 22.2. The molecule has 4 aromatic heterocycles. The first kappa shape index (κ1) is 24.6. The highest BCUT2D eigenvalue weighted by Crippen LogP contribution is 2.55. The Balaban J connectivity index is 1.42. The number of aromatic amines is 1. The summed E-state index contributed by atoms with van der Waals surface area (Å²) in [5, 5.41) is 25.9. The first-order chi connectivity index (χ1) is 17.6. The topological polar surface area (TPSA) is 148 Å². The monoisotopic (exact) mass is 504 g/mol. The molecule has 4 heterocycles. The third kappa shape index (κ3) is 4.57. The first-order valence-corrected chi connectivity index (χ1v) is 12.0. The van der Waals surface area contributed by atoms with Gasteiger partial charge in [0.25, 0.3) is 0 Å². The second kappa shape index (κ2) is 9.07. The number of hydrogen-bond donors (Lipinski definition) is 4. The van der Waals surface area contributed by atoms with Gasteiger partial charge in [-0.05, 0) is 68.4 Å². The number of primary amides is 1. The largest absolute Gasteiger partial charge is 0.384 e. The highest BCUT2D eigenvalue weighted by Gasteiger charge is 2.55. The van der Waals surface area contributed by atoms with E-state index in [1.54, 1.807) is 12.3 Å². The second-order valence-electron chi connectivity index (χ2n) is 9.98. The molecular weight excluding hydrogens is 475 g/mol. The van der Waals surface area contributed by atoms with Crippen LogP contribution < -0.4 is 11.1 Å². The number of anilines is 2. The van der Waals surface area contributed by atoms with Crippen LogP contribution in [0.4, 0.5) is 16.0 Å². The fourth-order valence-corrected chi connectivity index (χ4v) is 5.26. The van der Waals surface area contributed by atoms with Gasteiger partial charge in [-0.25, -0.2) is 19.0 Å². The minimum Gasteiger partial charge on any atom is -0.384 e. The van der Waals surface area contributed by atoms with E-state index in [0.29, 0.717) is 36.0 Å². The number of aliphatic hydroxyl groups is 1. The van der Waals surface area contributed by atoms with Crippen molar-refractivity contribution in [3.8, 4) is 5.82 Å². The van der Waals surface area contributed by atoms with Crippen LogP contribution in [-0.4, -0.2) is 41.0 Å². The van der Waals surface area contributed by atoms with Crippen molar-refractivity contribution < 1.29 is 14.3 Å². The summed E-state index contributed by atoms with van der Waals surface area (Å²) in [4.78, 5) is 22.0. The summed E-state index contributed by atoms with van der Waals surface area (Å²) in [7, 11) is 0. The molecule has 2 unspecified atom stereocenters. The molecule has 1 saturated carbocycles. The zero-order chi connectivity index (χ0) is 26.4. The number of nitrogens with two attached hydrogens (primary N) is 1. The van der Waals surface area contributed by atoms with Crippen LogP contribution in [0.15, 0.2) is 48.9 Å². The van der Waals surface area contributed by atoms with Crippen LogP contribution in [0.25, 0.3) is 5.82 Å². The van der Waals surface area contributed by atoms with E-state index in [4.69, 9.17) is 5.73 Å². The smallest absolute Gasteiger partial charge is 0.224 e.